The van der Waals surface area contributed by atoms with Crippen molar-refractivity contribution in [2.24, 2.45) is 11.0 Å². The van der Waals surface area contributed by atoms with Crippen molar-refractivity contribution < 1.29 is 14.3 Å². The average Bonchev–Trinajstić information content (AvgIpc) is 2.83. The number of hydrogen-bond acceptors (Lipinski definition) is 4. The molecule has 2 N–H and O–H groups in total. The van der Waals surface area contributed by atoms with Crippen molar-refractivity contribution in [2.45, 2.75) is 26.5 Å². The first-order valence-electron chi connectivity index (χ1n) is 10.9. The first kappa shape index (κ1) is 27.8. The van der Waals surface area contributed by atoms with E-state index in [1.165, 1.54) is 24.4 Å². The van der Waals surface area contributed by atoms with Crippen LogP contribution in [0.2, 0.25) is 20.1 Å². The van der Waals surface area contributed by atoms with Gasteiger partial charge in [0.2, 0.25) is 0 Å². The highest BCUT2D eigenvalue weighted by Gasteiger charge is 2.24. The Morgan fingerprint density at radius 1 is 0.944 bits per heavy atom. The summed E-state index contributed by atoms with van der Waals surface area (Å²) in [4.78, 5) is 25.4. The highest BCUT2D eigenvalue weighted by molar-refractivity contribution is 6.42. The molecule has 0 aliphatic carbocycles. The minimum atomic E-state index is -0.845. The summed E-state index contributed by atoms with van der Waals surface area (Å²) < 4.78 is 5.90. The van der Waals surface area contributed by atoms with E-state index in [0.29, 0.717) is 26.4 Å². The van der Waals surface area contributed by atoms with Gasteiger partial charge >= 0.3 is 0 Å². The third-order valence-electron chi connectivity index (χ3n) is 5.05. The molecule has 0 spiro atoms. The van der Waals surface area contributed by atoms with Crippen LogP contribution >= 0.6 is 46.4 Å². The lowest BCUT2D eigenvalue weighted by Crippen LogP contribution is -2.48. The maximum atomic E-state index is 12.8. The van der Waals surface area contributed by atoms with Crippen molar-refractivity contribution in [3.05, 3.63) is 97.4 Å². The maximum absolute atomic E-state index is 12.8. The minimum Gasteiger partial charge on any atom is -0.488 e. The summed E-state index contributed by atoms with van der Waals surface area (Å²) in [6, 6.07) is 16.0. The van der Waals surface area contributed by atoms with Crippen LogP contribution in [0.3, 0.4) is 0 Å². The molecule has 3 rings (SSSR count). The van der Waals surface area contributed by atoms with Gasteiger partial charge in [0.25, 0.3) is 11.8 Å². The van der Waals surface area contributed by atoms with E-state index in [1.54, 1.807) is 24.3 Å². The molecule has 1 atom stereocenters. The highest BCUT2D eigenvalue weighted by Crippen LogP contribution is 2.24. The predicted molar refractivity (Wildman–Crippen MR) is 146 cm³/mol. The van der Waals surface area contributed by atoms with Crippen LogP contribution in [0.25, 0.3) is 0 Å². The Labute approximate surface area is 229 Å². The van der Waals surface area contributed by atoms with Crippen LogP contribution in [0.4, 0.5) is 0 Å². The molecule has 0 aromatic heterocycles. The van der Waals surface area contributed by atoms with Gasteiger partial charge in [-0.2, -0.15) is 5.10 Å². The Hall–Kier alpha value is -2.77. The number of nitrogens with zero attached hydrogens (tertiary/aromatic N) is 1. The summed E-state index contributed by atoms with van der Waals surface area (Å²) in [6.45, 7) is 3.90. The summed E-state index contributed by atoms with van der Waals surface area (Å²) in [5.41, 5.74) is 4.21. The lowest BCUT2D eigenvalue weighted by atomic mass is 10.0. The standard InChI is InChI=1S/C26H23Cl4N3O3/c1-15(2)24(32-25(34)17-6-8-21(29)22(30)12-17)26(35)33-31-13-18-11-20(28)7-9-23(18)36-14-16-4-3-5-19(27)10-16/h3-13,15,24H,14H2,1-2H3,(H,32,34)(H,33,35)/b31-13-. The SMILES string of the molecule is CC(C)C(NC(=O)c1ccc(Cl)c(Cl)c1)C(=O)N/N=C\c1cc(Cl)ccc1OCc1cccc(Cl)c1. The number of hydrazone groups is 1. The number of carbonyl (C=O) groups excluding carboxylic acids is 2. The molecule has 36 heavy (non-hydrogen) atoms. The van der Waals surface area contributed by atoms with Crippen LogP contribution in [-0.2, 0) is 11.4 Å². The van der Waals surface area contributed by atoms with Gasteiger partial charge in [0.15, 0.2) is 0 Å². The van der Waals surface area contributed by atoms with Gasteiger partial charge in [-0.1, -0.05) is 72.4 Å². The fraction of sp³-hybridized carbons (Fsp3) is 0.192. The zero-order valence-electron chi connectivity index (χ0n) is 19.4. The monoisotopic (exact) mass is 565 g/mol. The van der Waals surface area contributed by atoms with Gasteiger partial charge in [-0.25, -0.2) is 5.43 Å². The van der Waals surface area contributed by atoms with Crippen LogP contribution in [-0.4, -0.2) is 24.1 Å². The van der Waals surface area contributed by atoms with Crippen LogP contribution in [0.15, 0.2) is 65.8 Å². The van der Waals surface area contributed by atoms with Gasteiger partial charge in [0.1, 0.15) is 18.4 Å². The third-order valence-corrected chi connectivity index (χ3v) is 6.26. The summed E-state index contributed by atoms with van der Waals surface area (Å²) in [7, 11) is 0. The summed E-state index contributed by atoms with van der Waals surface area (Å²) >= 11 is 24.1. The van der Waals surface area contributed by atoms with E-state index in [0.717, 1.165) is 5.56 Å². The minimum absolute atomic E-state index is 0.213. The molecule has 0 heterocycles. The van der Waals surface area contributed by atoms with Crippen molar-refractivity contribution in [3.63, 3.8) is 0 Å². The molecule has 0 bridgehead atoms. The second kappa shape index (κ2) is 13.0. The Kier molecular flexibility index (Phi) is 10.0. The Morgan fingerprint density at radius 2 is 1.69 bits per heavy atom. The van der Waals surface area contributed by atoms with Crippen molar-refractivity contribution in [1.82, 2.24) is 10.7 Å². The van der Waals surface area contributed by atoms with Gasteiger partial charge in [-0.3, -0.25) is 9.59 Å². The van der Waals surface area contributed by atoms with Gasteiger partial charge in [-0.15, -0.1) is 0 Å². The smallest absolute Gasteiger partial charge is 0.262 e. The molecule has 0 saturated heterocycles. The molecular weight excluding hydrogens is 544 g/mol. The molecule has 10 heteroatoms. The molecule has 0 radical (unpaired) electrons. The number of benzene rings is 3. The quantitative estimate of drug-likeness (QED) is 0.221. The third kappa shape index (κ3) is 7.87. The zero-order valence-corrected chi connectivity index (χ0v) is 22.4. The predicted octanol–water partition coefficient (Wildman–Crippen LogP) is 6.78. The molecular formula is C26H23Cl4N3O3. The molecule has 2 amide bonds. The van der Waals surface area contributed by atoms with Crippen LogP contribution in [0.5, 0.6) is 5.75 Å². The van der Waals surface area contributed by atoms with Crippen molar-refractivity contribution in [2.75, 3.05) is 0 Å². The molecule has 1 unspecified atom stereocenters. The Bertz CT molecular complexity index is 1280. The largest absolute Gasteiger partial charge is 0.488 e. The lowest BCUT2D eigenvalue weighted by molar-refractivity contribution is -0.123. The molecule has 3 aromatic rings. The number of nitrogens with one attached hydrogen (secondary N) is 2. The highest BCUT2D eigenvalue weighted by atomic mass is 35.5. The fourth-order valence-corrected chi connectivity index (χ4v) is 3.86. The second-order valence-corrected chi connectivity index (χ2v) is 9.85. The van der Waals surface area contributed by atoms with Crippen molar-refractivity contribution in [1.29, 1.82) is 0 Å². The summed E-state index contributed by atoms with van der Waals surface area (Å²) in [5, 5.41) is 8.42. The van der Waals surface area contributed by atoms with E-state index in [2.05, 4.69) is 15.8 Å². The van der Waals surface area contributed by atoms with E-state index >= 15 is 0 Å². The van der Waals surface area contributed by atoms with E-state index < -0.39 is 17.9 Å². The number of ether oxygens (including phenoxy) is 1. The topological polar surface area (TPSA) is 79.8 Å². The van der Waals surface area contributed by atoms with E-state index in [1.807, 2.05) is 32.0 Å². The Balaban J connectivity index is 1.67. The average molecular weight is 567 g/mol. The van der Waals surface area contributed by atoms with E-state index in [9.17, 15) is 9.59 Å². The van der Waals surface area contributed by atoms with E-state index in [4.69, 9.17) is 51.1 Å². The molecule has 0 aliphatic heterocycles. The molecule has 0 saturated carbocycles. The van der Waals surface area contributed by atoms with Gasteiger partial charge in [0, 0.05) is 21.2 Å². The lowest BCUT2D eigenvalue weighted by Gasteiger charge is -2.20. The van der Waals surface area contributed by atoms with Crippen LogP contribution < -0.4 is 15.5 Å². The first-order valence-corrected chi connectivity index (χ1v) is 12.4. The summed E-state index contributed by atoms with van der Waals surface area (Å²) in [5.74, 6) is -0.642. The fourth-order valence-electron chi connectivity index (χ4n) is 3.17. The first-order chi connectivity index (χ1) is 17.1. The number of rotatable bonds is 9. The van der Waals surface area contributed by atoms with Gasteiger partial charge < -0.3 is 10.1 Å². The number of hydrogen-bond donors (Lipinski definition) is 2. The number of amides is 2. The maximum Gasteiger partial charge on any atom is 0.262 e. The normalized spacial score (nSPS) is 12.0. The second-order valence-electron chi connectivity index (χ2n) is 8.16. The molecule has 6 nitrogen and oxygen atoms in total. The van der Waals surface area contributed by atoms with Gasteiger partial charge in [0.05, 0.1) is 16.3 Å². The van der Waals surface area contributed by atoms with Crippen molar-refractivity contribution >= 4 is 64.4 Å². The molecule has 3 aromatic carbocycles. The van der Waals surface area contributed by atoms with Gasteiger partial charge in [-0.05, 0) is 60.0 Å². The Morgan fingerprint density at radius 3 is 2.39 bits per heavy atom. The number of carbonyl (C=O) groups is 2. The van der Waals surface area contributed by atoms with E-state index in [-0.39, 0.29) is 23.1 Å². The van der Waals surface area contributed by atoms with Crippen molar-refractivity contribution in [3.8, 4) is 5.75 Å². The molecule has 0 fully saturated rings. The molecule has 188 valence electrons. The van der Waals surface area contributed by atoms with Crippen LogP contribution in [0, 0.1) is 5.92 Å². The molecule has 0 aliphatic rings. The van der Waals surface area contributed by atoms with Crippen LogP contribution in [0.1, 0.15) is 35.3 Å². The number of halogens is 4. The zero-order chi connectivity index (χ0) is 26.2. The summed E-state index contributed by atoms with van der Waals surface area (Å²) in [6.07, 6.45) is 1.43.